The topological polar surface area (TPSA) is 67.6 Å². The molecule has 152 valence electrons. The number of nitrogens with two attached hydrogens (primary N) is 1. The lowest BCUT2D eigenvalue weighted by Crippen LogP contribution is -2.45. The molecule has 2 aliphatic rings. The van der Waals surface area contributed by atoms with E-state index in [0.29, 0.717) is 12.5 Å². The fraction of sp³-hybridized carbons (Fsp3) is 0.682. The van der Waals surface area contributed by atoms with E-state index in [4.69, 9.17) is 5.73 Å². The molecule has 1 heterocycles. The normalized spacial score (nSPS) is 20.2. The number of rotatable bonds is 6. The van der Waals surface area contributed by atoms with Crippen molar-refractivity contribution < 1.29 is 9.53 Å². The summed E-state index contributed by atoms with van der Waals surface area (Å²) in [6, 6.07) is 9.75. The SMILES string of the molecule is CC(C)(C)OC=O.C[C@H](N)c1ccc([C@@H](CC2CC2)N2CCNCC2)cc1. The Bertz CT molecular complexity index is 556. The lowest BCUT2D eigenvalue weighted by atomic mass is 9.96. The average molecular weight is 376 g/mol. The molecule has 1 saturated carbocycles. The average Bonchev–Trinajstić information content (AvgIpc) is 3.44. The Hall–Kier alpha value is -1.43. The van der Waals surface area contributed by atoms with Crippen LogP contribution in [0.15, 0.2) is 24.3 Å². The van der Waals surface area contributed by atoms with Gasteiger partial charge in [0.05, 0.1) is 0 Å². The van der Waals surface area contributed by atoms with Crippen molar-refractivity contribution in [3.63, 3.8) is 0 Å². The quantitative estimate of drug-likeness (QED) is 0.746. The van der Waals surface area contributed by atoms with Gasteiger partial charge < -0.3 is 15.8 Å². The fourth-order valence-electron chi connectivity index (χ4n) is 3.33. The summed E-state index contributed by atoms with van der Waals surface area (Å²) in [6.45, 7) is 12.6. The van der Waals surface area contributed by atoms with Crippen molar-refractivity contribution >= 4 is 6.47 Å². The van der Waals surface area contributed by atoms with Crippen LogP contribution in [0.25, 0.3) is 0 Å². The number of hydrogen-bond donors (Lipinski definition) is 2. The molecule has 0 bridgehead atoms. The summed E-state index contributed by atoms with van der Waals surface area (Å²) >= 11 is 0. The van der Waals surface area contributed by atoms with E-state index in [1.54, 1.807) is 0 Å². The van der Waals surface area contributed by atoms with E-state index >= 15 is 0 Å². The summed E-state index contributed by atoms with van der Waals surface area (Å²) in [7, 11) is 0. The fourth-order valence-corrected chi connectivity index (χ4v) is 3.33. The van der Waals surface area contributed by atoms with Gasteiger partial charge in [-0.3, -0.25) is 9.69 Å². The largest absolute Gasteiger partial charge is 0.462 e. The van der Waals surface area contributed by atoms with Crippen LogP contribution in [0.3, 0.4) is 0 Å². The summed E-state index contributed by atoms with van der Waals surface area (Å²) in [5.41, 5.74) is 8.35. The number of nitrogens with zero attached hydrogens (tertiary/aromatic N) is 1. The van der Waals surface area contributed by atoms with Crippen molar-refractivity contribution in [1.29, 1.82) is 0 Å². The Morgan fingerprint density at radius 3 is 2.15 bits per heavy atom. The van der Waals surface area contributed by atoms with Gasteiger partial charge in [-0.25, -0.2) is 0 Å². The first kappa shape index (κ1) is 21.9. The highest BCUT2D eigenvalue weighted by molar-refractivity contribution is 5.37. The van der Waals surface area contributed by atoms with Crippen LogP contribution in [-0.2, 0) is 9.53 Å². The molecule has 2 atom stereocenters. The number of nitrogens with one attached hydrogen (secondary N) is 1. The molecule has 3 rings (SSSR count). The molecular weight excluding hydrogens is 338 g/mol. The van der Waals surface area contributed by atoms with Gasteiger partial charge in [0, 0.05) is 38.3 Å². The second-order valence-corrected chi connectivity index (χ2v) is 8.76. The van der Waals surface area contributed by atoms with Gasteiger partial charge in [0.25, 0.3) is 6.47 Å². The summed E-state index contributed by atoms with van der Waals surface area (Å²) in [5, 5.41) is 3.46. The molecule has 1 aromatic rings. The van der Waals surface area contributed by atoms with Crippen LogP contribution in [0.1, 0.15) is 70.2 Å². The van der Waals surface area contributed by atoms with Crippen molar-refractivity contribution in [2.75, 3.05) is 26.2 Å². The zero-order valence-corrected chi connectivity index (χ0v) is 17.4. The van der Waals surface area contributed by atoms with Crippen molar-refractivity contribution in [2.45, 2.75) is 64.6 Å². The minimum absolute atomic E-state index is 0.130. The zero-order valence-electron chi connectivity index (χ0n) is 17.4. The van der Waals surface area contributed by atoms with Gasteiger partial charge in [-0.2, -0.15) is 0 Å². The maximum absolute atomic E-state index is 9.60. The highest BCUT2D eigenvalue weighted by Gasteiger charge is 2.30. The predicted molar refractivity (Wildman–Crippen MR) is 110 cm³/mol. The van der Waals surface area contributed by atoms with Crippen LogP contribution in [0.4, 0.5) is 0 Å². The van der Waals surface area contributed by atoms with Crippen LogP contribution in [-0.4, -0.2) is 43.2 Å². The number of carbonyl (C=O) groups excluding carboxylic acids is 1. The maximum atomic E-state index is 9.60. The molecule has 0 radical (unpaired) electrons. The van der Waals surface area contributed by atoms with E-state index < -0.39 is 0 Å². The molecule has 1 saturated heterocycles. The van der Waals surface area contributed by atoms with Gasteiger partial charge in [-0.15, -0.1) is 0 Å². The van der Waals surface area contributed by atoms with E-state index in [0.717, 1.165) is 19.0 Å². The van der Waals surface area contributed by atoms with Crippen LogP contribution < -0.4 is 11.1 Å². The first-order chi connectivity index (χ1) is 12.8. The minimum atomic E-state index is -0.318. The molecule has 1 aliphatic carbocycles. The first-order valence-electron chi connectivity index (χ1n) is 10.2. The molecule has 27 heavy (non-hydrogen) atoms. The van der Waals surface area contributed by atoms with Crippen LogP contribution in [0, 0.1) is 5.92 Å². The molecular formula is C22H37N3O2. The van der Waals surface area contributed by atoms with Crippen molar-refractivity contribution in [2.24, 2.45) is 11.7 Å². The van der Waals surface area contributed by atoms with Crippen LogP contribution in [0.5, 0.6) is 0 Å². The third-order valence-electron chi connectivity index (χ3n) is 5.09. The maximum Gasteiger partial charge on any atom is 0.293 e. The van der Waals surface area contributed by atoms with Gasteiger partial charge in [0.2, 0.25) is 0 Å². The minimum Gasteiger partial charge on any atom is -0.462 e. The Morgan fingerprint density at radius 1 is 1.19 bits per heavy atom. The smallest absolute Gasteiger partial charge is 0.293 e. The van der Waals surface area contributed by atoms with Gasteiger partial charge in [-0.05, 0) is 51.2 Å². The summed E-state index contributed by atoms with van der Waals surface area (Å²) in [6.07, 6.45) is 4.19. The Balaban J connectivity index is 0.000000321. The summed E-state index contributed by atoms with van der Waals surface area (Å²) < 4.78 is 4.55. The number of ether oxygens (including phenoxy) is 1. The van der Waals surface area contributed by atoms with Crippen LogP contribution in [0.2, 0.25) is 0 Å². The van der Waals surface area contributed by atoms with Gasteiger partial charge in [0.15, 0.2) is 0 Å². The van der Waals surface area contributed by atoms with Gasteiger partial charge in [0.1, 0.15) is 5.60 Å². The lowest BCUT2D eigenvalue weighted by Gasteiger charge is -2.35. The Labute approximate surface area is 164 Å². The second kappa shape index (κ2) is 10.2. The molecule has 5 nitrogen and oxygen atoms in total. The van der Waals surface area contributed by atoms with E-state index in [-0.39, 0.29) is 11.6 Å². The van der Waals surface area contributed by atoms with E-state index in [2.05, 4.69) is 39.2 Å². The number of hydrogen-bond acceptors (Lipinski definition) is 5. The molecule has 1 aliphatic heterocycles. The van der Waals surface area contributed by atoms with E-state index in [1.807, 2.05) is 27.7 Å². The highest BCUT2D eigenvalue weighted by Crippen LogP contribution is 2.40. The van der Waals surface area contributed by atoms with Crippen molar-refractivity contribution in [3.8, 4) is 0 Å². The Morgan fingerprint density at radius 2 is 1.74 bits per heavy atom. The second-order valence-electron chi connectivity index (χ2n) is 8.76. The van der Waals surface area contributed by atoms with E-state index in [9.17, 15) is 4.79 Å². The molecule has 5 heteroatoms. The third-order valence-corrected chi connectivity index (χ3v) is 5.09. The molecule has 3 N–H and O–H groups in total. The lowest BCUT2D eigenvalue weighted by molar-refractivity contribution is -0.138. The standard InChI is InChI=1S/C17H27N3.C5H10O2/c1-13(18)15-4-6-16(7-5-15)17(12-14-2-3-14)20-10-8-19-9-11-20;1-5(2,3)7-4-6/h4-7,13-14,17,19H,2-3,8-12,18H2,1H3;4H,1-3H3/t13-,17+;/m0./s1. The zero-order chi connectivity index (χ0) is 19.9. The van der Waals surface area contributed by atoms with E-state index in [1.165, 1.54) is 43.5 Å². The van der Waals surface area contributed by atoms with Gasteiger partial charge in [-0.1, -0.05) is 37.1 Å². The molecule has 0 aromatic heterocycles. The summed E-state index contributed by atoms with van der Waals surface area (Å²) in [5.74, 6) is 0.961. The van der Waals surface area contributed by atoms with Crippen molar-refractivity contribution in [3.05, 3.63) is 35.4 Å². The van der Waals surface area contributed by atoms with Gasteiger partial charge >= 0.3 is 0 Å². The molecule has 0 spiro atoms. The number of benzene rings is 1. The molecule has 2 fully saturated rings. The first-order valence-corrected chi connectivity index (χ1v) is 10.2. The van der Waals surface area contributed by atoms with Crippen molar-refractivity contribution in [1.82, 2.24) is 10.2 Å². The molecule has 0 unspecified atom stereocenters. The highest BCUT2D eigenvalue weighted by atomic mass is 16.5. The molecule has 1 aromatic carbocycles. The predicted octanol–water partition coefficient (Wildman–Crippen LogP) is 3.41. The summed E-state index contributed by atoms with van der Waals surface area (Å²) in [4.78, 5) is 12.3. The number of carbonyl (C=O) groups is 1. The van der Waals surface area contributed by atoms with Crippen LogP contribution >= 0.6 is 0 Å². The third kappa shape index (κ3) is 7.99. The number of piperazine rings is 1. The Kier molecular flexibility index (Phi) is 8.27. The monoisotopic (exact) mass is 375 g/mol. The molecule has 0 amide bonds.